The van der Waals surface area contributed by atoms with Crippen LogP contribution in [0.3, 0.4) is 0 Å². The Kier molecular flexibility index (Phi) is 5.65. The van der Waals surface area contributed by atoms with Gasteiger partial charge >= 0.3 is 0 Å². The molecule has 0 heterocycles. The van der Waals surface area contributed by atoms with Crippen molar-refractivity contribution in [3.05, 3.63) is 0 Å². The third kappa shape index (κ3) is 4.18. The minimum absolute atomic E-state index is 0.0807. The highest BCUT2D eigenvalue weighted by molar-refractivity contribution is 5.77. The van der Waals surface area contributed by atoms with E-state index in [2.05, 4.69) is 5.32 Å². The van der Waals surface area contributed by atoms with Crippen molar-refractivity contribution in [2.24, 2.45) is 5.92 Å². The lowest BCUT2D eigenvalue weighted by atomic mass is 9.95. The summed E-state index contributed by atoms with van der Waals surface area (Å²) in [6.45, 7) is 0.239. The van der Waals surface area contributed by atoms with Crippen molar-refractivity contribution >= 4 is 5.91 Å². The summed E-state index contributed by atoms with van der Waals surface area (Å²) in [5, 5.41) is 11.9. The summed E-state index contributed by atoms with van der Waals surface area (Å²) in [4.78, 5) is 11.4. The number of carbonyl (C=O) groups excluding carboxylic acids is 1. The van der Waals surface area contributed by atoms with E-state index in [4.69, 9.17) is 9.84 Å². The maximum absolute atomic E-state index is 11.4. The van der Waals surface area contributed by atoms with Crippen molar-refractivity contribution in [3.8, 4) is 0 Å². The van der Waals surface area contributed by atoms with Crippen LogP contribution in [0.4, 0.5) is 0 Å². The molecule has 0 aromatic carbocycles. The molecule has 88 valence electrons. The molecule has 1 rings (SSSR count). The number of carbonyl (C=O) groups is 1. The minimum atomic E-state index is -0.0807. The van der Waals surface area contributed by atoms with Crippen molar-refractivity contribution in [3.63, 3.8) is 0 Å². The van der Waals surface area contributed by atoms with Crippen LogP contribution in [-0.4, -0.2) is 37.4 Å². The number of hydrogen-bond donors (Lipinski definition) is 2. The number of rotatable bonds is 6. The van der Waals surface area contributed by atoms with Gasteiger partial charge in [0.05, 0.1) is 0 Å². The average Bonchev–Trinajstić information content (AvgIpc) is 2.70. The largest absolute Gasteiger partial charge is 0.396 e. The molecule has 1 atom stereocenters. The zero-order valence-corrected chi connectivity index (χ0v) is 9.37. The van der Waals surface area contributed by atoms with Crippen LogP contribution in [0, 0.1) is 5.92 Å². The lowest BCUT2D eigenvalue weighted by molar-refractivity contribution is -0.125. The summed E-state index contributed by atoms with van der Waals surface area (Å²) in [7, 11) is 1.51. The topological polar surface area (TPSA) is 58.6 Å². The number of aliphatic hydroxyl groups is 1. The van der Waals surface area contributed by atoms with E-state index < -0.39 is 0 Å². The van der Waals surface area contributed by atoms with Crippen LogP contribution in [0.2, 0.25) is 0 Å². The molecule has 0 radical (unpaired) electrons. The molecule has 0 aliphatic heterocycles. The van der Waals surface area contributed by atoms with Gasteiger partial charge in [-0.1, -0.05) is 12.8 Å². The van der Waals surface area contributed by atoms with E-state index in [1.54, 1.807) is 0 Å². The van der Waals surface area contributed by atoms with Crippen molar-refractivity contribution in [2.75, 3.05) is 20.3 Å². The first kappa shape index (κ1) is 12.5. The lowest BCUT2D eigenvalue weighted by Crippen LogP contribution is -2.41. The number of hydrogen-bond acceptors (Lipinski definition) is 3. The molecule has 0 aromatic heterocycles. The number of amides is 1. The molecular weight excluding hydrogens is 194 g/mol. The molecule has 1 aliphatic carbocycles. The summed E-state index contributed by atoms with van der Waals surface area (Å²) in [5.41, 5.74) is 0. The fourth-order valence-corrected chi connectivity index (χ4v) is 2.30. The van der Waals surface area contributed by atoms with Crippen LogP contribution >= 0.6 is 0 Å². The minimum Gasteiger partial charge on any atom is -0.396 e. The molecule has 1 fully saturated rings. The first-order valence-electron chi connectivity index (χ1n) is 5.67. The Bertz CT molecular complexity index is 190. The second-order valence-electron chi connectivity index (χ2n) is 4.16. The Morgan fingerprint density at radius 3 is 2.73 bits per heavy atom. The summed E-state index contributed by atoms with van der Waals surface area (Å²) >= 11 is 0. The Labute approximate surface area is 91.0 Å². The fraction of sp³-hybridized carbons (Fsp3) is 0.909. The predicted octanol–water partition coefficient (Wildman–Crippen LogP) is 0.690. The normalized spacial score (nSPS) is 19.1. The van der Waals surface area contributed by atoms with Crippen molar-refractivity contribution in [2.45, 2.75) is 38.1 Å². The highest BCUT2D eigenvalue weighted by Crippen LogP contribution is 2.28. The van der Waals surface area contributed by atoms with Crippen LogP contribution in [0.1, 0.15) is 32.1 Å². The molecule has 1 unspecified atom stereocenters. The first-order valence-corrected chi connectivity index (χ1v) is 5.67. The van der Waals surface area contributed by atoms with E-state index >= 15 is 0 Å². The van der Waals surface area contributed by atoms with Gasteiger partial charge in [-0.25, -0.2) is 0 Å². The van der Waals surface area contributed by atoms with Gasteiger partial charge in [-0.05, 0) is 25.2 Å². The molecular formula is C11H21NO3. The molecule has 4 nitrogen and oxygen atoms in total. The van der Waals surface area contributed by atoms with Gasteiger partial charge in [0.2, 0.25) is 5.91 Å². The number of aliphatic hydroxyl groups excluding tert-OH is 1. The quantitative estimate of drug-likeness (QED) is 0.685. The second kappa shape index (κ2) is 6.80. The zero-order chi connectivity index (χ0) is 11.1. The monoisotopic (exact) mass is 215 g/mol. The third-order valence-corrected chi connectivity index (χ3v) is 3.03. The molecule has 1 aliphatic rings. The maximum Gasteiger partial charge on any atom is 0.246 e. The first-order chi connectivity index (χ1) is 7.27. The van der Waals surface area contributed by atoms with Crippen molar-refractivity contribution < 1.29 is 14.6 Å². The molecule has 2 N–H and O–H groups in total. The van der Waals surface area contributed by atoms with Gasteiger partial charge < -0.3 is 15.2 Å². The van der Waals surface area contributed by atoms with E-state index in [1.807, 2.05) is 0 Å². The van der Waals surface area contributed by atoms with Gasteiger partial charge in [-0.15, -0.1) is 0 Å². The molecule has 0 aromatic rings. The van der Waals surface area contributed by atoms with E-state index in [0.717, 1.165) is 12.8 Å². The highest BCUT2D eigenvalue weighted by Gasteiger charge is 2.25. The summed E-state index contributed by atoms with van der Waals surface area (Å²) in [6, 6.07) is 0.125. The van der Waals surface area contributed by atoms with Crippen LogP contribution in [0.25, 0.3) is 0 Å². The van der Waals surface area contributed by atoms with Crippen molar-refractivity contribution in [1.82, 2.24) is 5.32 Å². The van der Waals surface area contributed by atoms with Crippen LogP contribution in [0.15, 0.2) is 0 Å². The number of methoxy groups -OCH3 is 1. The SMILES string of the molecule is COCC(=O)NC(CCO)C1CCCC1. The summed E-state index contributed by atoms with van der Waals surface area (Å²) in [6.07, 6.45) is 5.47. The molecule has 4 heteroatoms. The predicted molar refractivity (Wildman–Crippen MR) is 57.5 cm³/mol. The molecule has 0 bridgehead atoms. The second-order valence-corrected chi connectivity index (χ2v) is 4.16. The Balaban J connectivity index is 2.38. The molecule has 1 saturated carbocycles. The van der Waals surface area contributed by atoms with Crippen molar-refractivity contribution in [1.29, 1.82) is 0 Å². The number of ether oxygens (including phenoxy) is 1. The fourth-order valence-electron chi connectivity index (χ4n) is 2.30. The average molecular weight is 215 g/mol. The smallest absolute Gasteiger partial charge is 0.246 e. The van der Waals surface area contributed by atoms with Gasteiger partial charge in [-0.3, -0.25) is 4.79 Å². The molecule has 15 heavy (non-hydrogen) atoms. The number of nitrogens with one attached hydrogen (secondary N) is 1. The van der Waals surface area contributed by atoms with E-state index in [1.165, 1.54) is 20.0 Å². The van der Waals surface area contributed by atoms with Gasteiger partial charge in [0.1, 0.15) is 6.61 Å². The summed E-state index contributed by atoms with van der Waals surface area (Å²) in [5.74, 6) is 0.459. The van der Waals surface area contributed by atoms with Gasteiger partial charge in [0.15, 0.2) is 0 Å². The lowest BCUT2D eigenvalue weighted by Gasteiger charge is -2.23. The third-order valence-electron chi connectivity index (χ3n) is 3.03. The van der Waals surface area contributed by atoms with E-state index in [9.17, 15) is 4.79 Å². The van der Waals surface area contributed by atoms with Crippen LogP contribution in [0.5, 0.6) is 0 Å². The zero-order valence-electron chi connectivity index (χ0n) is 9.37. The Morgan fingerprint density at radius 2 is 2.20 bits per heavy atom. The van der Waals surface area contributed by atoms with Gasteiger partial charge in [-0.2, -0.15) is 0 Å². The summed E-state index contributed by atoms with van der Waals surface area (Å²) < 4.78 is 4.77. The molecule has 1 amide bonds. The highest BCUT2D eigenvalue weighted by atomic mass is 16.5. The Morgan fingerprint density at radius 1 is 1.53 bits per heavy atom. The molecule has 0 spiro atoms. The van der Waals surface area contributed by atoms with Crippen LogP contribution in [-0.2, 0) is 9.53 Å². The van der Waals surface area contributed by atoms with E-state index in [0.29, 0.717) is 12.3 Å². The maximum atomic E-state index is 11.4. The molecule has 0 saturated heterocycles. The van der Waals surface area contributed by atoms with Crippen LogP contribution < -0.4 is 5.32 Å². The van der Waals surface area contributed by atoms with E-state index in [-0.39, 0.29) is 25.2 Å². The standard InChI is InChI=1S/C11H21NO3/c1-15-8-11(14)12-10(6-7-13)9-4-2-3-5-9/h9-10,13H,2-8H2,1H3,(H,12,14). The van der Waals surface area contributed by atoms with Gasteiger partial charge in [0.25, 0.3) is 0 Å². The van der Waals surface area contributed by atoms with Gasteiger partial charge in [0, 0.05) is 19.8 Å². The Hall–Kier alpha value is -0.610.